The number of morpholine rings is 1. The molecule has 0 spiro atoms. The Bertz CT molecular complexity index is 469. The first kappa shape index (κ1) is 16.2. The summed E-state index contributed by atoms with van der Waals surface area (Å²) in [6.07, 6.45) is 3.72. The van der Waals surface area contributed by atoms with E-state index in [1.54, 1.807) is 0 Å². The Kier molecular flexibility index (Phi) is 4.59. The van der Waals surface area contributed by atoms with E-state index in [0.29, 0.717) is 0 Å². The van der Waals surface area contributed by atoms with Crippen molar-refractivity contribution in [1.82, 2.24) is 4.98 Å². The molecular formula is C17H29N3O. The van der Waals surface area contributed by atoms with Gasteiger partial charge in [0.25, 0.3) is 0 Å². The number of hydrogen-bond donors (Lipinski definition) is 1. The molecule has 1 unspecified atom stereocenters. The van der Waals surface area contributed by atoms with Crippen LogP contribution in [0.4, 0.5) is 5.82 Å². The fourth-order valence-corrected chi connectivity index (χ4v) is 3.24. The van der Waals surface area contributed by atoms with Crippen LogP contribution in [0.25, 0.3) is 0 Å². The molecule has 21 heavy (non-hydrogen) atoms. The van der Waals surface area contributed by atoms with Crippen LogP contribution in [-0.4, -0.2) is 35.3 Å². The quantitative estimate of drug-likeness (QED) is 0.927. The SMILES string of the molecule is CCC(N)Cc1cccnc1N1CC(C)(C)OC(C)(C)C1. The predicted molar refractivity (Wildman–Crippen MR) is 87.7 cm³/mol. The van der Waals surface area contributed by atoms with Crippen LogP contribution in [0.15, 0.2) is 18.3 Å². The maximum Gasteiger partial charge on any atom is 0.131 e. The Morgan fingerprint density at radius 1 is 1.29 bits per heavy atom. The molecule has 4 heteroatoms. The topological polar surface area (TPSA) is 51.4 Å². The first-order valence-electron chi connectivity index (χ1n) is 7.87. The van der Waals surface area contributed by atoms with Crippen molar-refractivity contribution in [3.8, 4) is 0 Å². The summed E-state index contributed by atoms with van der Waals surface area (Å²) >= 11 is 0. The lowest BCUT2D eigenvalue weighted by molar-refractivity contribution is -0.133. The number of nitrogens with two attached hydrogens (primary N) is 1. The third kappa shape index (κ3) is 4.17. The molecule has 118 valence electrons. The van der Waals surface area contributed by atoms with E-state index in [0.717, 1.165) is 31.7 Å². The molecule has 1 aromatic heterocycles. The number of rotatable bonds is 4. The zero-order valence-corrected chi connectivity index (χ0v) is 14.0. The average molecular weight is 291 g/mol. The van der Waals surface area contributed by atoms with Gasteiger partial charge in [0.2, 0.25) is 0 Å². The molecule has 0 radical (unpaired) electrons. The smallest absolute Gasteiger partial charge is 0.131 e. The Balaban J connectivity index is 2.28. The lowest BCUT2D eigenvalue weighted by Gasteiger charge is -2.48. The van der Waals surface area contributed by atoms with E-state index in [4.69, 9.17) is 10.5 Å². The molecule has 2 rings (SSSR count). The molecule has 1 aromatic rings. The van der Waals surface area contributed by atoms with Gasteiger partial charge in [0.05, 0.1) is 11.2 Å². The monoisotopic (exact) mass is 291 g/mol. The van der Waals surface area contributed by atoms with Crippen LogP contribution in [0.5, 0.6) is 0 Å². The Morgan fingerprint density at radius 2 is 1.90 bits per heavy atom. The summed E-state index contributed by atoms with van der Waals surface area (Å²) < 4.78 is 6.16. The molecule has 0 aromatic carbocycles. The van der Waals surface area contributed by atoms with Crippen LogP contribution in [0.1, 0.15) is 46.6 Å². The number of hydrogen-bond acceptors (Lipinski definition) is 4. The van der Waals surface area contributed by atoms with Crippen LogP contribution in [0.3, 0.4) is 0 Å². The Morgan fingerprint density at radius 3 is 2.48 bits per heavy atom. The largest absolute Gasteiger partial charge is 0.366 e. The van der Waals surface area contributed by atoms with Crippen LogP contribution in [0.2, 0.25) is 0 Å². The molecule has 1 atom stereocenters. The minimum absolute atomic E-state index is 0.177. The number of aromatic nitrogens is 1. The molecule has 1 fully saturated rings. The highest BCUT2D eigenvalue weighted by atomic mass is 16.5. The maximum absolute atomic E-state index is 6.16. The minimum atomic E-state index is -0.177. The molecule has 0 saturated carbocycles. The van der Waals surface area contributed by atoms with Crippen molar-refractivity contribution in [2.75, 3.05) is 18.0 Å². The predicted octanol–water partition coefficient (Wildman–Crippen LogP) is 2.76. The second-order valence-electron chi connectivity index (χ2n) is 7.34. The fraction of sp³-hybridized carbons (Fsp3) is 0.706. The van der Waals surface area contributed by atoms with Crippen LogP contribution < -0.4 is 10.6 Å². The normalized spacial score (nSPS) is 22.1. The van der Waals surface area contributed by atoms with Gasteiger partial charge < -0.3 is 15.4 Å². The first-order chi connectivity index (χ1) is 9.72. The molecular weight excluding hydrogens is 262 g/mol. The van der Waals surface area contributed by atoms with E-state index in [1.165, 1.54) is 5.56 Å². The van der Waals surface area contributed by atoms with Gasteiger partial charge in [-0.2, -0.15) is 0 Å². The van der Waals surface area contributed by atoms with Crippen molar-refractivity contribution in [3.05, 3.63) is 23.9 Å². The fourth-order valence-electron chi connectivity index (χ4n) is 3.24. The zero-order valence-electron chi connectivity index (χ0n) is 14.0. The van der Waals surface area contributed by atoms with Gasteiger partial charge in [0.15, 0.2) is 0 Å². The van der Waals surface area contributed by atoms with Gasteiger partial charge in [-0.05, 0) is 52.2 Å². The van der Waals surface area contributed by atoms with Crippen LogP contribution in [0, 0.1) is 0 Å². The zero-order chi connectivity index (χ0) is 15.7. The van der Waals surface area contributed by atoms with Crippen molar-refractivity contribution in [3.63, 3.8) is 0 Å². The molecule has 1 saturated heterocycles. The number of ether oxygens (including phenoxy) is 1. The lowest BCUT2D eigenvalue weighted by atomic mass is 9.97. The number of nitrogens with zero attached hydrogens (tertiary/aromatic N) is 2. The van der Waals surface area contributed by atoms with Crippen molar-refractivity contribution < 1.29 is 4.74 Å². The van der Waals surface area contributed by atoms with Crippen molar-refractivity contribution in [2.24, 2.45) is 5.73 Å². The first-order valence-corrected chi connectivity index (χ1v) is 7.87. The van der Waals surface area contributed by atoms with E-state index in [1.807, 2.05) is 12.3 Å². The summed E-state index contributed by atoms with van der Waals surface area (Å²) in [4.78, 5) is 6.98. The van der Waals surface area contributed by atoms with Crippen LogP contribution in [-0.2, 0) is 11.2 Å². The standard InChI is InChI=1S/C17H29N3O/c1-6-14(18)10-13-8-7-9-19-15(13)20-11-16(2,3)21-17(4,5)12-20/h7-9,14H,6,10-12,18H2,1-5H3. The highest BCUT2D eigenvalue weighted by Gasteiger charge is 2.39. The van der Waals surface area contributed by atoms with E-state index >= 15 is 0 Å². The summed E-state index contributed by atoms with van der Waals surface area (Å²) in [5.41, 5.74) is 7.02. The van der Waals surface area contributed by atoms with Crippen molar-refractivity contribution in [2.45, 2.75) is 64.7 Å². The molecule has 4 nitrogen and oxygen atoms in total. The van der Waals surface area contributed by atoms with Crippen LogP contribution >= 0.6 is 0 Å². The number of anilines is 1. The maximum atomic E-state index is 6.16. The molecule has 2 heterocycles. The second kappa shape index (κ2) is 5.93. The Hall–Kier alpha value is -1.13. The summed E-state index contributed by atoms with van der Waals surface area (Å²) in [5, 5.41) is 0. The van der Waals surface area contributed by atoms with Gasteiger partial charge in [-0.1, -0.05) is 13.0 Å². The van der Waals surface area contributed by atoms with Gasteiger partial charge in [-0.25, -0.2) is 4.98 Å². The third-order valence-electron chi connectivity index (χ3n) is 3.87. The van der Waals surface area contributed by atoms with Gasteiger partial charge >= 0.3 is 0 Å². The molecule has 1 aliphatic rings. The highest BCUT2D eigenvalue weighted by molar-refractivity contribution is 5.48. The van der Waals surface area contributed by atoms with E-state index in [9.17, 15) is 0 Å². The minimum Gasteiger partial charge on any atom is -0.366 e. The van der Waals surface area contributed by atoms with Gasteiger partial charge in [0, 0.05) is 25.3 Å². The van der Waals surface area contributed by atoms with E-state index in [-0.39, 0.29) is 17.2 Å². The molecule has 0 aliphatic carbocycles. The van der Waals surface area contributed by atoms with E-state index in [2.05, 4.69) is 50.6 Å². The van der Waals surface area contributed by atoms with Gasteiger partial charge in [-0.15, -0.1) is 0 Å². The lowest BCUT2D eigenvalue weighted by Crippen LogP contribution is -2.57. The van der Waals surface area contributed by atoms with Crippen molar-refractivity contribution in [1.29, 1.82) is 0 Å². The summed E-state index contributed by atoms with van der Waals surface area (Å²) in [7, 11) is 0. The Labute approximate surface area is 128 Å². The van der Waals surface area contributed by atoms with Crippen molar-refractivity contribution >= 4 is 5.82 Å². The summed E-state index contributed by atoms with van der Waals surface area (Å²) in [5.74, 6) is 1.06. The highest BCUT2D eigenvalue weighted by Crippen LogP contribution is 2.32. The molecule has 1 aliphatic heterocycles. The molecule has 0 bridgehead atoms. The second-order valence-corrected chi connectivity index (χ2v) is 7.34. The average Bonchev–Trinajstić information content (AvgIpc) is 2.35. The third-order valence-corrected chi connectivity index (χ3v) is 3.87. The summed E-state index contributed by atoms with van der Waals surface area (Å²) in [6, 6.07) is 4.33. The summed E-state index contributed by atoms with van der Waals surface area (Å²) in [6.45, 7) is 12.4. The van der Waals surface area contributed by atoms with Gasteiger partial charge in [-0.3, -0.25) is 0 Å². The molecule has 2 N–H and O–H groups in total. The number of pyridine rings is 1. The van der Waals surface area contributed by atoms with E-state index < -0.39 is 0 Å². The van der Waals surface area contributed by atoms with Gasteiger partial charge in [0.1, 0.15) is 5.82 Å². The molecule has 0 amide bonds.